The molecule has 28 heavy (non-hydrogen) atoms. The second kappa shape index (κ2) is 7.52. The molecule has 6 heteroatoms. The lowest BCUT2D eigenvalue weighted by Gasteiger charge is -2.10. The number of pyridine rings is 1. The summed E-state index contributed by atoms with van der Waals surface area (Å²) in [6.07, 6.45) is 2.63. The van der Waals surface area contributed by atoms with Crippen LogP contribution in [0, 0.1) is 0 Å². The maximum Gasteiger partial charge on any atom is 0.262 e. The van der Waals surface area contributed by atoms with Crippen LogP contribution in [-0.2, 0) is 6.42 Å². The normalized spacial score (nSPS) is 10.8. The van der Waals surface area contributed by atoms with Gasteiger partial charge in [0, 0.05) is 11.9 Å². The number of rotatable bonds is 5. The van der Waals surface area contributed by atoms with Crippen molar-refractivity contribution in [2.75, 3.05) is 12.4 Å². The summed E-state index contributed by atoms with van der Waals surface area (Å²) in [4.78, 5) is 24.4. The third kappa shape index (κ3) is 3.44. The third-order valence-electron chi connectivity index (χ3n) is 4.61. The highest BCUT2D eigenvalue weighted by molar-refractivity contribution is 5.92. The molecule has 0 aliphatic carbocycles. The fraction of sp³-hybridized carbons (Fsp3) is 0.136. The number of hydrogen-bond donors (Lipinski definition) is 2. The van der Waals surface area contributed by atoms with Gasteiger partial charge in [-0.1, -0.05) is 31.2 Å². The maximum absolute atomic E-state index is 12.8. The molecule has 0 amide bonds. The molecule has 2 N–H and O–H groups in total. The Morgan fingerprint density at radius 2 is 1.93 bits per heavy atom. The molecule has 4 rings (SSSR count). The zero-order valence-corrected chi connectivity index (χ0v) is 15.7. The van der Waals surface area contributed by atoms with Gasteiger partial charge in [-0.3, -0.25) is 9.78 Å². The Kier molecular flexibility index (Phi) is 4.76. The van der Waals surface area contributed by atoms with Crippen LogP contribution < -0.4 is 15.6 Å². The van der Waals surface area contributed by atoms with Crippen LogP contribution in [0.5, 0.6) is 5.75 Å². The van der Waals surface area contributed by atoms with Gasteiger partial charge in [-0.25, -0.2) is 4.98 Å². The summed E-state index contributed by atoms with van der Waals surface area (Å²) in [6.45, 7) is 2.11. The van der Waals surface area contributed by atoms with E-state index < -0.39 is 0 Å². The Hall–Kier alpha value is -3.67. The minimum atomic E-state index is -0.247. The minimum absolute atomic E-state index is 0.247. The van der Waals surface area contributed by atoms with Crippen molar-refractivity contribution in [1.82, 2.24) is 15.0 Å². The average molecular weight is 372 g/mol. The standard InChI is InChI=1S/C22H20N4O2/c1-3-14-7-9-16(10-8-14)24-22-25-20-19(21(27)26-22)18(11-12-23-20)15-5-4-6-17(13-15)28-2/h4-13H,3H2,1-2H3,(H2,23,24,25,26,27). The van der Waals surface area contributed by atoms with E-state index in [9.17, 15) is 4.79 Å². The summed E-state index contributed by atoms with van der Waals surface area (Å²) in [5.41, 5.74) is 3.87. The molecule has 4 aromatic rings. The van der Waals surface area contributed by atoms with E-state index in [-0.39, 0.29) is 5.56 Å². The van der Waals surface area contributed by atoms with Crippen LogP contribution in [0.15, 0.2) is 65.6 Å². The average Bonchev–Trinajstić information content (AvgIpc) is 2.74. The predicted molar refractivity (Wildman–Crippen MR) is 111 cm³/mol. The van der Waals surface area contributed by atoms with E-state index in [1.54, 1.807) is 13.3 Å². The number of H-pyrrole nitrogens is 1. The van der Waals surface area contributed by atoms with Gasteiger partial charge in [-0.15, -0.1) is 0 Å². The van der Waals surface area contributed by atoms with Crippen molar-refractivity contribution in [3.05, 3.63) is 76.7 Å². The molecule has 0 saturated heterocycles. The number of aromatic amines is 1. The highest BCUT2D eigenvalue weighted by Gasteiger charge is 2.12. The van der Waals surface area contributed by atoms with Crippen LogP contribution in [0.1, 0.15) is 12.5 Å². The van der Waals surface area contributed by atoms with Crippen LogP contribution in [-0.4, -0.2) is 22.1 Å². The number of fused-ring (bicyclic) bond motifs is 1. The number of ether oxygens (including phenoxy) is 1. The molecule has 6 nitrogen and oxygen atoms in total. The van der Waals surface area contributed by atoms with Gasteiger partial charge in [0.25, 0.3) is 5.56 Å². The monoisotopic (exact) mass is 372 g/mol. The highest BCUT2D eigenvalue weighted by Crippen LogP contribution is 2.27. The molecular weight excluding hydrogens is 352 g/mol. The zero-order chi connectivity index (χ0) is 19.5. The Morgan fingerprint density at radius 3 is 2.68 bits per heavy atom. The Balaban J connectivity index is 1.76. The smallest absolute Gasteiger partial charge is 0.262 e. The van der Waals surface area contributed by atoms with Gasteiger partial charge in [-0.05, 0) is 53.4 Å². The van der Waals surface area contributed by atoms with E-state index in [1.807, 2.05) is 54.6 Å². The van der Waals surface area contributed by atoms with Crippen molar-refractivity contribution in [3.63, 3.8) is 0 Å². The van der Waals surface area contributed by atoms with Crippen LogP contribution in [0.3, 0.4) is 0 Å². The number of methoxy groups -OCH3 is 1. The van der Waals surface area contributed by atoms with Crippen molar-refractivity contribution >= 4 is 22.7 Å². The first kappa shape index (κ1) is 17.7. The first-order valence-electron chi connectivity index (χ1n) is 9.07. The Labute approximate surface area is 162 Å². The van der Waals surface area contributed by atoms with E-state index in [4.69, 9.17) is 4.74 Å². The van der Waals surface area contributed by atoms with Gasteiger partial charge in [0.05, 0.1) is 12.5 Å². The lowest BCUT2D eigenvalue weighted by Crippen LogP contribution is -2.13. The summed E-state index contributed by atoms with van der Waals surface area (Å²) < 4.78 is 5.29. The summed E-state index contributed by atoms with van der Waals surface area (Å²) in [6, 6.07) is 17.4. The number of aryl methyl sites for hydroxylation is 1. The number of hydrogen-bond acceptors (Lipinski definition) is 5. The summed E-state index contributed by atoms with van der Waals surface area (Å²) in [5.74, 6) is 1.08. The second-order valence-corrected chi connectivity index (χ2v) is 6.38. The SMILES string of the molecule is CCc1ccc(Nc2nc3nccc(-c4cccc(OC)c4)c3c(=O)[nH]2)cc1. The van der Waals surface area contributed by atoms with Gasteiger partial charge >= 0.3 is 0 Å². The number of nitrogens with one attached hydrogen (secondary N) is 2. The van der Waals surface area contributed by atoms with E-state index in [0.717, 1.165) is 29.0 Å². The van der Waals surface area contributed by atoms with Crippen LogP contribution in [0.2, 0.25) is 0 Å². The van der Waals surface area contributed by atoms with Crippen LogP contribution in [0.4, 0.5) is 11.6 Å². The Morgan fingerprint density at radius 1 is 1.11 bits per heavy atom. The molecule has 0 aliphatic rings. The van der Waals surface area contributed by atoms with Crippen LogP contribution >= 0.6 is 0 Å². The lowest BCUT2D eigenvalue weighted by molar-refractivity contribution is 0.415. The van der Waals surface area contributed by atoms with Gasteiger partial charge in [-0.2, -0.15) is 4.98 Å². The van der Waals surface area contributed by atoms with Crippen molar-refractivity contribution in [2.24, 2.45) is 0 Å². The molecule has 0 bridgehead atoms. The first-order chi connectivity index (χ1) is 13.7. The third-order valence-corrected chi connectivity index (χ3v) is 4.61. The summed E-state index contributed by atoms with van der Waals surface area (Å²) in [7, 11) is 1.61. The molecule has 2 aromatic heterocycles. The predicted octanol–water partition coefficient (Wildman–Crippen LogP) is 4.30. The van der Waals surface area contributed by atoms with E-state index in [1.165, 1.54) is 5.56 Å². The fourth-order valence-electron chi connectivity index (χ4n) is 3.11. The first-order valence-corrected chi connectivity index (χ1v) is 9.07. The van der Waals surface area contributed by atoms with E-state index in [0.29, 0.717) is 17.0 Å². The molecule has 0 spiro atoms. The van der Waals surface area contributed by atoms with Gasteiger partial charge in [0.15, 0.2) is 5.65 Å². The van der Waals surface area contributed by atoms with Gasteiger partial charge in [0.2, 0.25) is 5.95 Å². The summed E-state index contributed by atoms with van der Waals surface area (Å²) in [5, 5.41) is 3.59. The Bertz CT molecular complexity index is 1180. The second-order valence-electron chi connectivity index (χ2n) is 6.38. The molecule has 2 heterocycles. The van der Waals surface area contributed by atoms with E-state index in [2.05, 4.69) is 27.2 Å². The number of anilines is 2. The number of benzene rings is 2. The molecule has 0 radical (unpaired) electrons. The van der Waals surface area contributed by atoms with E-state index >= 15 is 0 Å². The maximum atomic E-state index is 12.8. The van der Waals surface area contributed by atoms with Gasteiger partial charge in [0.1, 0.15) is 5.75 Å². The molecule has 0 fully saturated rings. The zero-order valence-electron chi connectivity index (χ0n) is 15.7. The minimum Gasteiger partial charge on any atom is -0.497 e. The topological polar surface area (TPSA) is 79.9 Å². The lowest BCUT2D eigenvalue weighted by atomic mass is 10.0. The number of nitrogens with zero attached hydrogens (tertiary/aromatic N) is 2. The summed E-state index contributed by atoms with van der Waals surface area (Å²) >= 11 is 0. The fourth-order valence-corrected chi connectivity index (χ4v) is 3.11. The highest BCUT2D eigenvalue weighted by atomic mass is 16.5. The molecule has 0 aliphatic heterocycles. The van der Waals surface area contributed by atoms with Crippen molar-refractivity contribution in [1.29, 1.82) is 0 Å². The van der Waals surface area contributed by atoms with Crippen molar-refractivity contribution in [2.45, 2.75) is 13.3 Å². The molecule has 0 saturated carbocycles. The van der Waals surface area contributed by atoms with Gasteiger partial charge < -0.3 is 10.1 Å². The molecular formula is C22H20N4O2. The quantitative estimate of drug-likeness (QED) is 0.546. The molecule has 0 unspecified atom stereocenters. The molecule has 2 aromatic carbocycles. The van der Waals surface area contributed by atoms with Crippen LogP contribution in [0.25, 0.3) is 22.2 Å². The van der Waals surface area contributed by atoms with Crippen molar-refractivity contribution in [3.8, 4) is 16.9 Å². The molecule has 140 valence electrons. The largest absolute Gasteiger partial charge is 0.497 e. The van der Waals surface area contributed by atoms with Crippen molar-refractivity contribution < 1.29 is 4.74 Å². The molecule has 0 atom stereocenters. The number of aromatic nitrogens is 3.